The fraction of sp³-hybridized carbons (Fsp3) is 0.833. The summed E-state index contributed by atoms with van der Waals surface area (Å²) in [7, 11) is 0. The Hall–Kier alpha value is -0.570. The van der Waals surface area contributed by atoms with Gasteiger partial charge in [-0.2, -0.15) is 0 Å². The smallest absolute Gasteiger partial charge is 0.311 e. The predicted molar refractivity (Wildman–Crippen MR) is 30.4 cm³/mol. The summed E-state index contributed by atoms with van der Waals surface area (Å²) in [6, 6.07) is 0. The highest BCUT2D eigenvalue weighted by atomic mass is 16.6. The summed E-state index contributed by atoms with van der Waals surface area (Å²) in [5, 5.41) is 8.90. The molecule has 9 heavy (non-hydrogen) atoms. The van der Waals surface area contributed by atoms with Crippen molar-refractivity contribution in [3.05, 3.63) is 0 Å². The third-order valence-electron chi connectivity index (χ3n) is 1.85. The molecular weight excluding hydrogens is 120 g/mol. The number of cyclic esters (lactones) is 1. The number of carbonyl (C=O) groups excluding carboxylic acids is 1. The number of aliphatic hydroxyl groups excluding tert-OH is 1. The summed E-state index contributed by atoms with van der Waals surface area (Å²) in [6.45, 7) is 3.55. The number of hydrogen-bond donors (Lipinski definition) is 1. The summed E-state index contributed by atoms with van der Waals surface area (Å²) < 4.78 is 4.50. The molecule has 0 unspecified atom stereocenters. The van der Waals surface area contributed by atoms with Crippen LogP contribution >= 0.6 is 0 Å². The largest absolute Gasteiger partial charge is 0.435 e. The van der Waals surface area contributed by atoms with E-state index in [1.807, 2.05) is 0 Å². The highest BCUT2D eigenvalue weighted by Gasteiger charge is 2.37. The molecule has 1 fully saturated rings. The van der Waals surface area contributed by atoms with Crippen LogP contribution < -0.4 is 0 Å². The normalized spacial score (nSPS) is 43.0. The van der Waals surface area contributed by atoms with E-state index in [1.165, 1.54) is 0 Å². The number of esters is 1. The van der Waals surface area contributed by atoms with Crippen molar-refractivity contribution in [2.24, 2.45) is 11.8 Å². The van der Waals surface area contributed by atoms with Gasteiger partial charge < -0.3 is 9.84 Å². The van der Waals surface area contributed by atoms with Gasteiger partial charge in [0.2, 0.25) is 6.29 Å². The van der Waals surface area contributed by atoms with Crippen molar-refractivity contribution in [3.8, 4) is 0 Å². The zero-order chi connectivity index (χ0) is 7.02. The van der Waals surface area contributed by atoms with Gasteiger partial charge in [-0.1, -0.05) is 13.8 Å². The molecule has 1 aliphatic rings. The van der Waals surface area contributed by atoms with Gasteiger partial charge in [-0.25, -0.2) is 0 Å². The van der Waals surface area contributed by atoms with Gasteiger partial charge in [-0.15, -0.1) is 0 Å². The highest BCUT2D eigenvalue weighted by Crippen LogP contribution is 2.25. The van der Waals surface area contributed by atoms with Gasteiger partial charge >= 0.3 is 5.97 Å². The minimum atomic E-state index is -0.882. The second-order valence-corrected chi connectivity index (χ2v) is 2.48. The van der Waals surface area contributed by atoms with Crippen LogP contribution in [-0.2, 0) is 9.53 Å². The van der Waals surface area contributed by atoms with Crippen molar-refractivity contribution in [1.82, 2.24) is 0 Å². The number of carbonyl (C=O) groups is 1. The molecule has 0 saturated carbocycles. The lowest BCUT2D eigenvalue weighted by molar-refractivity contribution is -0.156. The van der Waals surface area contributed by atoms with Gasteiger partial charge in [0.05, 0.1) is 5.92 Å². The predicted octanol–water partition coefficient (Wildman–Crippen LogP) is 0.134. The first kappa shape index (κ1) is 6.55. The van der Waals surface area contributed by atoms with Crippen LogP contribution in [-0.4, -0.2) is 17.4 Å². The first-order chi connectivity index (χ1) is 4.13. The van der Waals surface area contributed by atoms with E-state index in [-0.39, 0.29) is 17.8 Å². The van der Waals surface area contributed by atoms with Crippen molar-refractivity contribution in [1.29, 1.82) is 0 Å². The Bertz CT molecular complexity index is 132. The number of ether oxygens (including phenoxy) is 1. The molecule has 0 amide bonds. The second kappa shape index (κ2) is 1.99. The van der Waals surface area contributed by atoms with Crippen LogP contribution in [0.15, 0.2) is 0 Å². The van der Waals surface area contributed by atoms with Crippen LogP contribution in [0.25, 0.3) is 0 Å². The summed E-state index contributed by atoms with van der Waals surface area (Å²) in [5.74, 6) is -0.507. The molecule has 1 heterocycles. The van der Waals surface area contributed by atoms with E-state index < -0.39 is 6.29 Å². The minimum absolute atomic E-state index is 0.0579. The molecule has 3 nitrogen and oxygen atoms in total. The first-order valence-corrected chi connectivity index (χ1v) is 3.01. The Kier molecular flexibility index (Phi) is 1.45. The van der Waals surface area contributed by atoms with E-state index >= 15 is 0 Å². The molecule has 0 aromatic heterocycles. The maximum atomic E-state index is 10.6. The van der Waals surface area contributed by atoms with Crippen LogP contribution in [0.4, 0.5) is 0 Å². The number of aliphatic hydroxyl groups is 1. The van der Waals surface area contributed by atoms with Crippen LogP contribution in [0.2, 0.25) is 0 Å². The van der Waals surface area contributed by atoms with E-state index in [9.17, 15) is 4.79 Å². The van der Waals surface area contributed by atoms with E-state index in [4.69, 9.17) is 5.11 Å². The van der Waals surface area contributed by atoms with Gasteiger partial charge in [0.1, 0.15) is 0 Å². The Morgan fingerprint density at radius 2 is 2.11 bits per heavy atom. The van der Waals surface area contributed by atoms with Gasteiger partial charge in [0, 0.05) is 5.92 Å². The molecule has 1 N–H and O–H groups in total. The Morgan fingerprint density at radius 3 is 2.22 bits per heavy atom. The average Bonchev–Trinajstić information content (AvgIpc) is 1.98. The lowest BCUT2D eigenvalue weighted by Gasteiger charge is -2.05. The molecule has 52 valence electrons. The molecule has 1 saturated heterocycles. The number of rotatable bonds is 0. The molecular formula is C6H10O3. The standard InChI is InChI=1S/C6H10O3/c1-3-4(2)6(8)9-5(3)7/h3-5,7H,1-2H3/t3-,4-,5-/m1/s1. The van der Waals surface area contributed by atoms with Crippen molar-refractivity contribution >= 4 is 5.97 Å². The second-order valence-electron chi connectivity index (χ2n) is 2.48. The Labute approximate surface area is 53.6 Å². The molecule has 0 aliphatic carbocycles. The van der Waals surface area contributed by atoms with Gasteiger partial charge in [-0.3, -0.25) is 4.79 Å². The molecule has 1 aliphatic heterocycles. The van der Waals surface area contributed by atoms with Crippen molar-refractivity contribution in [2.75, 3.05) is 0 Å². The molecule has 0 spiro atoms. The molecule has 0 bridgehead atoms. The highest BCUT2D eigenvalue weighted by molar-refractivity contribution is 5.74. The van der Waals surface area contributed by atoms with Crippen LogP contribution in [0.3, 0.4) is 0 Å². The average molecular weight is 130 g/mol. The quantitative estimate of drug-likeness (QED) is 0.474. The van der Waals surface area contributed by atoms with Crippen molar-refractivity contribution in [3.63, 3.8) is 0 Å². The summed E-state index contributed by atoms with van der Waals surface area (Å²) >= 11 is 0. The molecule has 0 aromatic rings. The van der Waals surface area contributed by atoms with E-state index in [1.54, 1.807) is 13.8 Å². The summed E-state index contributed by atoms with van der Waals surface area (Å²) in [6.07, 6.45) is -0.882. The number of hydrogen-bond acceptors (Lipinski definition) is 3. The zero-order valence-electron chi connectivity index (χ0n) is 5.50. The van der Waals surface area contributed by atoms with Gasteiger partial charge in [0.25, 0.3) is 0 Å². The maximum Gasteiger partial charge on any atom is 0.311 e. The maximum absolute atomic E-state index is 10.6. The van der Waals surface area contributed by atoms with Crippen LogP contribution in [0, 0.1) is 11.8 Å². The third-order valence-corrected chi connectivity index (χ3v) is 1.85. The summed E-state index contributed by atoms with van der Waals surface area (Å²) in [5.41, 5.74) is 0. The molecule has 0 aromatic carbocycles. The van der Waals surface area contributed by atoms with Crippen LogP contribution in [0.1, 0.15) is 13.8 Å². The topological polar surface area (TPSA) is 46.5 Å². The van der Waals surface area contributed by atoms with Crippen molar-refractivity contribution in [2.45, 2.75) is 20.1 Å². The summed E-state index contributed by atoms with van der Waals surface area (Å²) in [4.78, 5) is 10.6. The molecule has 1 rings (SSSR count). The third kappa shape index (κ3) is 0.920. The minimum Gasteiger partial charge on any atom is -0.435 e. The molecule has 3 atom stereocenters. The SMILES string of the molecule is C[C@H]1[C@H](O)OC(=O)[C@@H]1C. The fourth-order valence-corrected chi connectivity index (χ4v) is 0.795. The van der Waals surface area contributed by atoms with Gasteiger partial charge in [-0.05, 0) is 0 Å². The zero-order valence-corrected chi connectivity index (χ0v) is 5.50. The van der Waals surface area contributed by atoms with E-state index in [0.717, 1.165) is 0 Å². The first-order valence-electron chi connectivity index (χ1n) is 3.01. The van der Waals surface area contributed by atoms with Crippen LogP contribution in [0.5, 0.6) is 0 Å². The Morgan fingerprint density at radius 1 is 1.56 bits per heavy atom. The van der Waals surface area contributed by atoms with Crippen molar-refractivity contribution < 1.29 is 14.6 Å². The fourth-order valence-electron chi connectivity index (χ4n) is 0.795. The molecule has 3 heteroatoms. The lowest BCUT2D eigenvalue weighted by Crippen LogP contribution is -2.14. The monoisotopic (exact) mass is 130 g/mol. The Balaban J connectivity index is 2.65. The van der Waals surface area contributed by atoms with Gasteiger partial charge in [0.15, 0.2) is 0 Å². The lowest BCUT2D eigenvalue weighted by atomic mass is 9.99. The molecule has 0 radical (unpaired) electrons. The van der Waals surface area contributed by atoms with E-state index in [0.29, 0.717) is 0 Å². The van der Waals surface area contributed by atoms with E-state index in [2.05, 4.69) is 4.74 Å².